The Kier molecular flexibility index (Phi) is 3.15. The minimum Gasteiger partial charge on any atom is -0.382 e. The Morgan fingerprint density at radius 3 is 2.72 bits per heavy atom. The van der Waals surface area contributed by atoms with Gasteiger partial charge in [0.05, 0.1) is 0 Å². The van der Waals surface area contributed by atoms with Crippen molar-refractivity contribution in [2.24, 2.45) is 5.73 Å². The summed E-state index contributed by atoms with van der Waals surface area (Å²) in [7, 11) is 0. The van der Waals surface area contributed by atoms with Crippen molar-refractivity contribution in [3.63, 3.8) is 0 Å². The summed E-state index contributed by atoms with van der Waals surface area (Å²) >= 11 is 0. The zero-order valence-electron chi connectivity index (χ0n) is 10.5. The van der Waals surface area contributed by atoms with Crippen LogP contribution in [0.3, 0.4) is 0 Å². The predicted octanol–water partition coefficient (Wildman–Crippen LogP) is 2.92. The first kappa shape index (κ1) is 11.5. The van der Waals surface area contributed by atoms with Crippen LogP contribution in [0, 0.1) is 0 Å². The number of pyridine rings is 1. The van der Waals surface area contributed by atoms with Crippen LogP contribution in [-0.4, -0.2) is 17.1 Å². The van der Waals surface area contributed by atoms with E-state index in [2.05, 4.69) is 34.6 Å². The van der Waals surface area contributed by atoms with Gasteiger partial charge in [-0.15, -0.1) is 0 Å². The van der Waals surface area contributed by atoms with E-state index < -0.39 is 0 Å². The molecule has 1 aromatic heterocycles. The highest BCUT2D eigenvalue weighted by Crippen LogP contribution is 2.23. The molecule has 18 heavy (non-hydrogen) atoms. The molecule has 0 atom stereocenters. The average molecular weight is 241 g/mol. The fourth-order valence-electron chi connectivity index (χ4n) is 2.67. The van der Waals surface area contributed by atoms with E-state index in [0.717, 1.165) is 12.8 Å². The lowest BCUT2D eigenvalue weighted by Gasteiger charge is -2.27. The van der Waals surface area contributed by atoms with Gasteiger partial charge in [0.25, 0.3) is 0 Å². The number of rotatable bonds is 2. The third-order valence-electron chi connectivity index (χ3n) is 3.78. The molecule has 1 aliphatic carbocycles. The molecule has 0 bridgehead atoms. The number of hydrogen-bond donors (Lipinski definition) is 2. The van der Waals surface area contributed by atoms with Gasteiger partial charge >= 0.3 is 0 Å². The summed E-state index contributed by atoms with van der Waals surface area (Å²) in [6, 6.07) is 9.50. The van der Waals surface area contributed by atoms with Crippen LogP contribution >= 0.6 is 0 Å². The lowest BCUT2D eigenvalue weighted by Crippen LogP contribution is -2.32. The molecular formula is C15H19N3. The molecule has 3 N–H and O–H groups in total. The van der Waals surface area contributed by atoms with Crippen LogP contribution in [0.4, 0.5) is 5.69 Å². The summed E-state index contributed by atoms with van der Waals surface area (Å²) < 4.78 is 0. The van der Waals surface area contributed by atoms with Crippen molar-refractivity contribution in [1.82, 2.24) is 4.98 Å². The summed E-state index contributed by atoms with van der Waals surface area (Å²) in [5, 5.41) is 6.04. The number of nitrogens with two attached hydrogens (primary N) is 1. The largest absolute Gasteiger partial charge is 0.382 e. The molecule has 3 heteroatoms. The summed E-state index contributed by atoms with van der Waals surface area (Å²) in [6.45, 7) is 0. The summed E-state index contributed by atoms with van der Waals surface area (Å²) in [4.78, 5) is 4.13. The Morgan fingerprint density at radius 1 is 1.06 bits per heavy atom. The van der Waals surface area contributed by atoms with Gasteiger partial charge in [-0.2, -0.15) is 0 Å². The number of nitrogens with zero attached hydrogens (tertiary/aromatic N) is 1. The molecule has 0 amide bonds. The van der Waals surface area contributed by atoms with Crippen LogP contribution in [0.25, 0.3) is 10.8 Å². The molecule has 94 valence electrons. The maximum absolute atomic E-state index is 5.93. The maximum atomic E-state index is 5.93. The fourth-order valence-corrected chi connectivity index (χ4v) is 2.67. The van der Waals surface area contributed by atoms with Crippen LogP contribution in [0.5, 0.6) is 0 Å². The van der Waals surface area contributed by atoms with Crippen LogP contribution in [-0.2, 0) is 0 Å². The molecule has 1 fully saturated rings. The zero-order valence-corrected chi connectivity index (χ0v) is 10.5. The van der Waals surface area contributed by atoms with E-state index >= 15 is 0 Å². The molecule has 2 aromatic rings. The number of anilines is 1. The quantitative estimate of drug-likeness (QED) is 0.850. The van der Waals surface area contributed by atoms with E-state index in [4.69, 9.17) is 5.73 Å². The van der Waals surface area contributed by atoms with Crippen LogP contribution < -0.4 is 11.1 Å². The van der Waals surface area contributed by atoms with E-state index in [9.17, 15) is 0 Å². The smallest absolute Gasteiger partial charge is 0.0348 e. The van der Waals surface area contributed by atoms with Gasteiger partial charge in [-0.3, -0.25) is 4.98 Å². The highest BCUT2D eigenvalue weighted by Gasteiger charge is 2.17. The Labute approximate surface area is 107 Å². The SMILES string of the molecule is NC1CCC(Nc2ccc3cnccc3c2)CC1. The summed E-state index contributed by atoms with van der Waals surface area (Å²) in [5.41, 5.74) is 7.13. The Hall–Kier alpha value is -1.61. The third-order valence-corrected chi connectivity index (χ3v) is 3.78. The Balaban J connectivity index is 1.74. The lowest BCUT2D eigenvalue weighted by atomic mass is 9.91. The first-order valence-electron chi connectivity index (χ1n) is 6.67. The molecule has 0 spiro atoms. The van der Waals surface area contributed by atoms with Crippen molar-refractivity contribution in [3.8, 4) is 0 Å². The average Bonchev–Trinajstić information content (AvgIpc) is 2.41. The van der Waals surface area contributed by atoms with Crippen LogP contribution in [0.15, 0.2) is 36.7 Å². The standard InChI is InChI=1S/C15H19N3/c16-13-2-5-14(6-3-13)18-15-4-1-12-10-17-8-7-11(12)9-15/h1,4,7-10,13-14,18H,2-3,5-6,16H2. The molecule has 1 aromatic carbocycles. The number of nitrogens with one attached hydrogen (secondary N) is 1. The van der Waals surface area contributed by atoms with Crippen molar-refractivity contribution in [2.75, 3.05) is 5.32 Å². The van der Waals surface area contributed by atoms with E-state index in [1.807, 2.05) is 12.4 Å². The zero-order chi connectivity index (χ0) is 12.4. The minimum absolute atomic E-state index is 0.408. The topological polar surface area (TPSA) is 50.9 Å². The predicted molar refractivity (Wildman–Crippen MR) is 75.6 cm³/mol. The lowest BCUT2D eigenvalue weighted by molar-refractivity contribution is 0.411. The van der Waals surface area contributed by atoms with E-state index in [0.29, 0.717) is 12.1 Å². The molecule has 1 saturated carbocycles. The number of hydrogen-bond acceptors (Lipinski definition) is 3. The molecule has 3 nitrogen and oxygen atoms in total. The van der Waals surface area contributed by atoms with Gasteiger partial charge in [0, 0.05) is 35.6 Å². The summed E-state index contributed by atoms with van der Waals surface area (Å²) in [6.07, 6.45) is 8.36. The van der Waals surface area contributed by atoms with Crippen molar-refractivity contribution in [1.29, 1.82) is 0 Å². The maximum Gasteiger partial charge on any atom is 0.0348 e. The van der Waals surface area contributed by atoms with Gasteiger partial charge in [-0.25, -0.2) is 0 Å². The van der Waals surface area contributed by atoms with Gasteiger partial charge in [-0.05, 0) is 49.3 Å². The first-order chi connectivity index (χ1) is 8.81. The third kappa shape index (κ3) is 2.46. The highest BCUT2D eigenvalue weighted by molar-refractivity contribution is 5.84. The number of fused-ring (bicyclic) bond motifs is 1. The van der Waals surface area contributed by atoms with Gasteiger partial charge in [0.2, 0.25) is 0 Å². The second-order valence-corrected chi connectivity index (χ2v) is 5.19. The molecule has 3 rings (SSSR count). The fraction of sp³-hybridized carbons (Fsp3) is 0.400. The van der Waals surface area contributed by atoms with Crippen molar-refractivity contribution >= 4 is 16.5 Å². The van der Waals surface area contributed by atoms with Crippen LogP contribution in [0.2, 0.25) is 0 Å². The van der Waals surface area contributed by atoms with E-state index in [-0.39, 0.29) is 0 Å². The molecule has 0 radical (unpaired) electrons. The molecule has 0 unspecified atom stereocenters. The van der Waals surface area contributed by atoms with Crippen molar-refractivity contribution < 1.29 is 0 Å². The monoisotopic (exact) mass is 241 g/mol. The van der Waals surface area contributed by atoms with Crippen molar-refractivity contribution in [3.05, 3.63) is 36.7 Å². The van der Waals surface area contributed by atoms with Gasteiger partial charge in [0.1, 0.15) is 0 Å². The summed E-state index contributed by atoms with van der Waals surface area (Å²) in [5.74, 6) is 0. The second-order valence-electron chi connectivity index (χ2n) is 5.19. The Morgan fingerprint density at radius 2 is 1.89 bits per heavy atom. The molecule has 0 saturated heterocycles. The first-order valence-corrected chi connectivity index (χ1v) is 6.67. The number of benzene rings is 1. The second kappa shape index (κ2) is 4.94. The van der Waals surface area contributed by atoms with Crippen LogP contribution in [0.1, 0.15) is 25.7 Å². The van der Waals surface area contributed by atoms with Gasteiger partial charge in [-0.1, -0.05) is 6.07 Å². The van der Waals surface area contributed by atoms with Crippen molar-refractivity contribution in [2.45, 2.75) is 37.8 Å². The normalized spacial score (nSPS) is 24.1. The molecule has 1 aliphatic rings. The number of aromatic nitrogens is 1. The molecular weight excluding hydrogens is 222 g/mol. The van der Waals surface area contributed by atoms with E-state index in [1.54, 1.807) is 0 Å². The Bertz CT molecular complexity index is 530. The minimum atomic E-state index is 0.408. The highest BCUT2D eigenvalue weighted by atomic mass is 14.9. The molecule has 0 aliphatic heterocycles. The van der Waals surface area contributed by atoms with E-state index in [1.165, 1.54) is 29.3 Å². The van der Waals surface area contributed by atoms with Gasteiger partial charge < -0.3 is 11.1 Å². The van der Waals surface area contributed by atoms with Gasteiger partial charge in [0.15, 0.2) is 0 Å². The molecule has 1 heterocycles.